The molecule has 2 saturated heterocycles. The van der Waals surface area contributed by atoms with Crippen molar-refractivity contribution in [3.05, 3.63) is 59.2 Å². The summed E-state index contributed by atoms with van der Waals surface area (Å²) >= 11 is 5.99. The predicted molar refractivity (Wildman–Crippen MR) is 171 cm³/mol. The van der Waals surface area contributed by atoms with Gasteiger partial charge in [0.15, 0.2) is 4.93 Å². The van der Waals surface area contributed by atoms with E-state index in [1.807, 2.05) is 42.5 Å². The molecule has 230 valence electrons. The number of thiol groups is 1. The predicted octanol–water partition coefficient (Wildman–Crippen LogP) is 3.67. The average Bonchev–Trinajstić information content (AvgIpc) is 3.65. The molecule has 4 aromatic rings. The fourth-order valence-corrected chi connectivity index (χ4v) is 8.65. The highest BCUT2D eigenvalue weighted by atomic mass is 32.1. The molecule has 0 bridgehead atoms. The number of hydrogen-bond acceptors (Lipinski definition) is 8. The molecule has 2 aromatic heterocycles. The molecular formula is C32H35N5O5S2. The Morgan fingerprint density at radius 1 is 1.27 bits per heavy atom. The average molecular weight is 634 g/mol. The molecule has 1 saturated carbocycles. The van der Waals surface area contributed by atoms with Crippen LogP contribution in [0.5, 0.6) is 5.75 Å². The maximum Gasteiger partial charge on any atom is 0.271 e. The standard InChI is InChI=1S/C32H35N5O5S2/c1-31(2)18-15-37(29(40)21-14-17-19(34-21)8-6-9-22(17)42-3)26(25(18)31)28(39)36-24(13-16-11-12-33-27(16)38)32(41,43)30-35-20-7-4-5-10-23(20)44-30/h4-10,14,16,18,24-26,34,41,43H,11-13,15H2,1-3H3,(H,33,38)(H,36,39)/t16-,18-,24-,25-,26-,32+/m0/s1. The molecule has 10 nitrogen and oxygen atoms in total. The summed E-state index contributed by atoms with van der Waals surface area (Å²) in [4.78, 5) is 48.5. The lowest BCUT2D eigenvalue weighted by Crippen LogP contribution is -2.56. The number of para-hydroxylation sites is 1. The van der Waals surface area contributed by atoms with Crippen molar-refractivity contribution in [2.45, 2.75) is 43.7 Å². The second-order valence-corrected chi connectivity index (χ2v) is 14.5. The Labute approximate surface area is 264 Å². The van der Waals surface area contributed by atoms with Crippen LogP contribution in [0.25, 0.3) is 21.1 Å². The van der Waals surface area contributed by atoms with Gasteiger partial charge in [-0.25, -0.2) is 4.98 Å². The number of hydrogen-bond donors (Lipinski definition) is 5. The Bertz CT molecular complexity index is 1760. The van der Waals surface area contributed by atoms with Crippen molar-refractivity contribution in [1.29, 1.82) is 0 Å². The van der Waals surface area contributed by atoms with E-state index >= 15 is 0 Å². The van der Waals surface area contributed by atoms with Crippen molar-refractivity contribution in [3.63, 3.8) is 0 Å². The Kier molecular flexibility index (Phi) is 6.94. The second kappa shape index (κ2) is 10.5. The van der Waals surface area contributed by atoms with E-state index in [0.717, 1.165) is 15.6 Å². The quantitative estimate of drug-likeness (QED) is 0.148. The summed E-state index contributed by atoms with van der Waals surface area (Å²) in [6.45, 7) is 5.22. The van der Waals surface area contributed by atoms with E-state index in [2.05, 4.69) is 34.4 Å². The number of fused-ring (bicyclic) bond motifs is 3. The van der Waals surface area contributed by atoms with Gasteiger partial charge in [0.1, 0.15) is 22.5 Å². The normalized spacial score (nSPS) is 25.8. The summed E-state index contributed by atoms with van der Waals surface area (Å²) in [5.74, 6) is -0.392. The molecule has 6 atom stereocenters. The van der Waals surface area contributed by atoms with Gasteiger partial charge in [0.05, 0.1) is 23.4 Å². The van der Waals surface area contributed by atoms with Crippen molar-refractivity contribution >= 4 is 62.8 Å². The van der Waals surface area contributed by atoms with Gasteiger partial charge in [0.25, 0.3) is 5.91 Å². The first-order valence-electron chi connectivity index (χ1n) is 14.9. The second-order valence-electron chi connectivity index (χ2n) is 12.7. The number of nitrogens with one attached hydrogen (secondary N) is 3. The summed E-state index contributed by atoms with van der Waals surface area (Å²) in [5, 5.41) is 18.9. The van der Waals surface area contributed by atoms with E-state index in [4.69, 9.17) is 17.4 Å². The molecule has 0 radical (unpaired) electrons. The van der Waals surface area contributed by atoms with Crippen molar-refractivity contribution in [2.24, 2.45) is 23.2 Å². The highest BCUT2D eigenvalue weighted by Gasteiger charge is 2.69. The van der Waals surface area contributed by atoms with Crippen LogP contribution < -0.4 is 15.4 Å². The lowest BCUT2D eigenvalue weighted by atomic mass is 9.93. The summed E-state index contributed by atoms with van der Waals surface area (Å²) < 4.78 is 6.36. The third kappa shape index (κ3) is 4.65. The van der Waals surface area contributed by atoms with Gasteiger partial charge in [-0.15, -0.1) is 24.0 Å². The maximum atomic E-state index is 14.3. The summed E-state index contributed by atoms with van der Waals surface area (Å²) in [7, 11) is 1.59. The van der Waals surface area contributed by atoms with Gasteiger partial charge in [0, 0.05) is 29.9 Å². The van der Waals surface area contributed by atoms with E-state index in [-0.39, 0.29) is 41.4 Å². The molecule has 7 rings (SSSR count). The number of methoxy groups -OCH3 is 1. The van der Waals surface area contributed by atoms with Crippen molar-refractivity contribution in [3.8, 4) is 5.75 Å². The van der Waals surface area contributed by atoms with Gasteiger partial charge < -0.3 is 30.4 Å². The first-order chi connectivity index (χ1) is 21.0. The van der Waals surface area contributed by atoms with Crippen LogP contribution in [0.1, 0.15) is 42.2 Å². The number of carbonyl (C=O) groups excluding carboxylic acids is 3. The molecular weight excluding hydrogens is 599 g/mol. The van der Waals surface area contributed by atoms with Gasteiger partial charge in [-0.2, -0.15) is 0 Å². The molecule has 3 aliphatic rings. The Balaban J connectivity index is 1.20. The number of benzene rings is 2. The number of ether oxygens (including phenoxy) is 1. The Morgan fingerprint density at radius 3 is 2.80 bits per heavy atom. The number of thiazole rings is 1. The number of amides is 3. The monoisotopic (exact) mass is 633 g/mol. The van der Waals surface area contributed by atoms with E-state index in [9.17, 15) is 19.5 Å². The minimum absolute atomic E-state index is 0.0451. The molecule has 4 N–H and O–H groups in total. The number of likely N-dealkylation sites (tertiary alicyclic amines) is 1. The lowest BCUT2D eigenvalue weighted by molar-refractivity contribution is -0.129. The van der Waals surface area contributed by atoms with Crippen LogP contribution in [-0.2, 0) is 14.5 Å². The number of aromatic amines is 1. The highest BCUT2D eigenvalue weighted by Crippen LogP contribution is 2.65. The molecule has 2 aliphatic heterocycles. The Morgan fingerprint density at radius 2 is 2.07 bits per heavy atom. The fourth-order valence-electron chi connectivity index (χ4n) is 7.28. The summed E-state index contributed by atoms with van der Waals surface area (Å²) in [5.41, 5.74) is 1.74. The smallest absolute Gasteiger partial charge is 0.271 e. The van der Waals surface area contributed by atoms with Crippen LogP contribution in [0.2, 0.25) is 0 Å². The van der Waals surface area contributed by atoms with Crippen LogP contribution in [0, 0.1) is 23.2 Å². The molecule has 44 heavy (non-hydrogen) atoms. The minimum atomic E-state index is -1.86. The van der Waals surface area contributed by atoms with Gasteiger partial charge >= 0.3 is 0 Å². The zero-order valence-corrected chi connectivity index (χ0v) is 26.4. The number of H-pyrrole nitrogens is 1. The number of aromatic nitrogens is 2. The molecule has 0 spiro atoms. The SMILES string of the molecule is COc1cccc2[nH]c(C(=O)N3C[C@H]4[C@@H]([C@H]3C(=O)N[C@@H](C[C@@H]3CCNC3=O)[C@@](O)(S)c3nc5ccccc5s3)C4(C)C)cc12. The summed E-state index contributed by atoms with van der Waals surface area (Å²) in [6, 6.07) is 13.2. The first-order valence-corrected chi connectivity index (χ1v) is 16.1. The number of rotatable bonds is 8. The molecule has 1 aliphatic carbocycles. The van der Waals surface area contributed by atoms with Gasteiger partial charge in [-0.05, 0) is 60.4 Å². The van der Waals surface area contributed by atoms with Crippen LogP contribution in [-0.4, -0.2) is 70.0 Å². The highest BCUT2D eigenvalue weighted by molar-refractivity contribution is 7.81. The van der Waals surface area contributed by atoms with Crippen molar-refractivity contribution < 1.29 is 24.2 Å². The summed E-state index contributed by atoms with van der Waals surface area (Å²) in [6.07, 6.45) is 0.762. The van der Waals surface area contributed by atoms with Gasteiger partial charge in [-0.1, -0.05) is 32.0 Å². The molecule has 0 unspecified atom stereocenters. The number of aliphatic hydroxyl groups is 1. The van der Waals surface area contributed by atoms with E-state index in [1.165, 1.54) is 11.3 Å². The molecule has 3 fully saturated rings. The van der Waals surface area contributed by atoms with E-state index in [1.54, 1.807) is 18.1 Å². The van der Waals surface area contributed by atoms with Crippen LogP contribution in [0.4, 0.5) is 0 Å². The maximum absolute atomic E-state index is 14.3. The van der Waals surface area contributed by atoms with E-state index in [0.29, 0.717) is 41.5 Å². The lowest BCUT2D eigenvalue weighted by Gasteiger charge is -2.35. The topological polar surface area (TPSA) is 137 Å². The molecule has 12 heteroatoms. The van der Waals surface area contributed by atoms with Gasteiger partial charge in [-0.3, -0.25) is 14.4 Å². The number of piperidine rings is 1. The van der Waals surface area contributed by atoms with Crippen molar-refractivity contribution in [2.75, 3.05) is 20.2 Å². The third-order valence-corrected chi connectivity index (χ3v) is 11.7. The molecule has 3 amide bonds. The van der Waals surface area contributed by atoms with Crippen LogP contribution in [0.3, 0.4) is 0 Å². The zero-order chi connectivity index (χ0) is 31.0. The largest absolute Gasteiger partial charge is 0.496 e. The third-order valence-electron chi connectivity index (χ3n) is 9.91. The number of nitrogens with zero attached hydrogens (tertiary/aromatic N) is 2. The van der Waals surface area contributed by atoms with Gasteiger partial charge in [0.2, 0.25) is 11.8 Å². The Hall–Kier alpha value is -3.61. The molecule has 4 heterocycles. The van der Waals surface area contributed by atoms with E-state index < -0.39 is 22.9 Å². The first kappa shape index (κ1) is 29.1. The van der Waals surface area contributed by atoms with Crippen LogP contribution >= 0.6 is 24.0 Å². The number of carbonyl (C=O) groups is 3. The fraction of sp³-hybridized carbons (Fsp3) is 0.438. The zero-order valence-electron chi connectivity index (χ0n) is 24.7. The molecule has 2 aromatic carbocycles. The van der Waals surface area contributed by atoms with Crippen LogP contribution in [0.15, 0.2) is 48.5 Å². The van der Waals surface area contributed by atoms with Crippen molar-refractivity contribution in [1.82, 2.24) is 25.5 Å². The minimum Gasteiger partial charge on any atom is -0.496 e.